The number of rotatable bonds is 4. The lowest BCUT2D eigenvalue weighted by Crippen LogP contribution is -2.51. The van der Waals surface area contributed by atoms with Gasteiger partial charge in [-0.05, 0) is 54.2 Å². The van der Waals surface area contributed by atoms with Crippen LogP contribution in [0.25, 0.3) is 6.08 Å². The fraction of sp³-hybridized carbons (Fsp3) is 0. The zero-order chi connectivity index (χ0) is 19.6. The van der Waals surface area contributed by atoms with Crippen molar-refractivity contribution in [3.8, 4) is 0 Å². The van der Waals surface area contributed by atoms with E-state index in [4.69, 9.17) is 23.8 Å². The highest BCUT2D eigenvalue weighted by atomic mass is 35.5. The Kier molecular flexibility index (Phi) is 5.54. The summed E-state index contributed by atoms with van der Waals surface area (Å²) in [6.07, 6.45) is 1.27. The molecule has 0 unspecified atom stereocenters. The van der Waals surface area contributed by atoms with Gasteiger partial charge in [0.2, 0.25) is 0 Å². The summed E-state index contributed by atoms with van der Waals surface area (Å²) in [7, 11) is 0. The van der Waals surface area contributed by atoms with Crippen molar-refractivity contribution in [2.75, 3.05) is 0 Å². The Morgan fingerprint density at radius 1 is 1.07 bits per heavy atom. The van der Waals surface area contributed by atoms with Crippen LogP contribution in [0.1, 0.15) is 5.56 Å². The Bertz CT molecular complexity index is 984. The Labute approximate surface area is 167 Å². The number of benzene rings is 2. The van der Waals surface area contributed by atoms with Gasteiger partial charge >= 0.3 is 0 Å². The molecule has 2 amide bonds. The number of amides is 2. The molecule has 1 aliphatic rings. The van der Waals surface area contributed by atoms with Crippen LogP contribution in [0.2, 0.25) is 5.02 Å². The van der Waals surface area contributed by atoms with Crippen molar-refractivity contribution in [3.63, 3.8) is 0 Å². The molecule has 0 spiro atoms. The van der Waals surface area contributed by atoms with Crippen LogP contribution in [0.15, 0.2) is 57.8 Å². The standard InChI is InChI=1S/C17H10ClN3O4S2/c18-10-2-4-11(5-3-10)27-14-6-1-9(8-13(14)21(24)25)7-12-15(22)19-17(26)20-16(12)23/h1-8H,(H2,19,20,22,23,26). The molecule has 1 heterocycles. The molecule has 0 aromatic heterocycles. The van der Waals surface area contributed by atoms with Crippen LogP contribution < -0.4 is 10.6 Å². The maximum atomic E-state index is 11.9. The van der Waals surface area contributed by atoms with E-state index in [1.165, 1.54) is 23.9 Å². The minimum Gasteiger partial charge on any atom is -0.299 e. The highest BCUT2D eigenvalue weighted by Gasteiger charge is 2.26. The molecule has 0 radical (unpaired) electrons. The van der Waals surface area contributed by atoms with Crippen molar-refractivity contribution < 1.29 is 14.5 Å². The van der Waals surface area contributed by atoms with Gasteiger partial charge in [-0.2, -0.15) is 0 Å². The van der Waals surface area contributed by atoms with E-state index in [-0.39, 0.29) is 16.4 Å². The Morgan fingerprint density at radius 2 is 1.70 bits per heavy atom. The molecule has 1 aliphatic heterocycles. The summed E-state index contributed by atoms with van der Waals surface area (Å²) in [5.74, 6) is -1.32. The fourth-order valence-corrected chi connectivity index (χ4v) is 3.47. The third-order valence-corrected chi connectivity index (χ3v) is 5.00. The zero-order valence-corrected chi connectivity index (χ0v) is 15.8. The smallest absolute Gasteiger partial charge is 0.283 e. The number of thiocarbonyl (C=S) groups is 1. The number of hydrogen-bond donors (Lipinski definition) is 2. The van der Waals surface area contributed by atoms with Crippen molar-refractivity contribution in [2.45, 2.75) is 9.79 Å². The van der Waals surface area contributed by atoms with Crippen LogP contribution in [0.5, 0.6) is 0 Å². The molecule has 2 N–H and O–H groups in total. The summed E-state index contributed by atoms with van der Waals surface area (Å²) in [6.45, 7) is 0. The molecule has 0 aliphatic carbocycles. The van der Waals surface area contributed by atoms with Gasteiger partial charge < -0.3 is 0 Å². The van der Waals surface area contributed by atoms with Crippen LogP contribution in [-0.2, 0) is 9.59 Å². The SMILES string of the molecule is O=C1NC(=S)NC(=O)C1=Cc1ccc(Sc2ccc(Cl)cc2)c([N+](=O)[O-])c1. The number of nitro benzene ring substituents is 1. The predicted molar refractivity (Wildman–Crippen MR) is 106 cm³/mol. The number of carbonyl (C=O) groups is 2. The average Bonchev–Trinajstić information content (AvgIpc) is 2.61. The second-order valence-electron chi connectivity index (χ2n) is 5.34. The first-order valence-electron chi connectivity index (χ1n) is 7.44. The van der Waals surface area contributed by atoms with E-state index in [1.54, 1.807) is 36.4 Å². The fourth-order valence-electron chi connectivity index (χ4n) is 2.26. The summed E-state index contributed by atoms with van der Waals surface area (Å²) in [5.41, 5.74) is 0.0164. The number of nitro groups is 1. The highest BCUT2D eigenvalue weighted by molar-refractivity contribution is 7.99. The molecule has 10 heteroatoms. The van der Waals surface area contributed by atoms with E-state index in [9.17, 15) is 19.7 Å². The molecule has 2 aromatic rings. The molecular formula is C17H10ClN3O4S2. The summed E-state index contributed by atoms with van der Waals surface area (Å²) in [6, 6.07) is 11.4. The van der Waals surface area contributed by atoms with E-state index in [0.717, 1.165) is 4.90 Å². The normalized spacial score (nSPS) is 13.8. The maximum absolute atomic E-state index is 11.9. The second kappa shape index (κ2) is 7.87. The van der Waals surface area contributed by atoms with Crippen molar-refractivity contribution >= 4 is 64.3 Å². The highest BCUT2D eigenvalue weighted by Crippen LogP contribution is 2.36. The van der Waals surface area contributed by atoms with Crippen LogP contribution in [0.4, 0.5) is 5.69 Å². The summed E-state index contributed by atoms with van der Waals surface area (Å²) in [5, 5.41) is 16.6. The minimum atomic E-state index is -0.661. The lowest BCUT2D eigenvalue weighted by molar-refractivity contribution is -0.387. The first-order valence-corrected chi connectivity index (χ1v) is 9.04. The van der Waals surface area contributed by atoms with Gasteiger partial charge in [-0.3, -0.25) is 30.3 Å². The lowest BCUT2D eigenvalue weighted by atomic mass is 10.1. The second-order valence-corrected chi connectivity index (χ2v) is 7.30. The first-order chi connectivity index (χ1) is 12.8. The molecule has 2 aromatic carbocycles. The van der Waals surface area contributed by atoms with Gasteiger partial charge in [-0.1, -0.05) is 29.4 Å². The van der Waals surface area contributed by atoms with Crippen LogP contribution in [0, 0.1) is 10.1 Å². The number of nitrogens with zero attached hydrogens (tertiary/aromatic N) is 1. The van der Waals surface area contributed by atoms with E-state index in [0.29, 0.717) is 15.5 Å². The summed E-state index contributed by atoms with van der Waals surface area (Å²) in [4.78, 5) is 35.9. The van der Waals surface area contributed by atoms with E-state index >= 15 is 0 Å². The molecule has 0 atom stereocenters. The maximum Gasteiger partial charge on any atom is 0.283 e. The third-order valence-electron chi connectivity index (χ3n) is 3.48. The monoisotopic (exact) mass is 419 g/mol. The molecule has 1 saturated heterocycles. The molecule has 27 heavy (non-hydrogen) atoms. The van der Waals surface area contributed by atoms with Crippen LogP contribution >= 0.6 is 35.6 Å². The quantitative estimate of drug-likeness (QED) is 0.259. The van der Waals surface area contributed by atoms with E-state index in [2.05, 4.69) is 10.6 Å². The summed E-state index contributed by atoms with van der Waals surface area (Å²) >= 11 is 11.8. The van der Waals surface area contributed by atoms with Gasteiger partial charge in [0, 0.05) is 16.0 Å². The van der Waals surface area contributed by atoms with Crippen LogP contribution in [0.3, 0.4) is 0 Å². The number of halogens is 1. The molecule has 7 nitrogen and oxygen atoms in total. The molecule has 3 rings (SSSR count). The molecular weight excluding hydrogens is 410 g/mol. The predicted octanol–water partition coefficient (Wildman–Crippen LogP) is 3.31. The molecule has 1 fully saturated rings. The third kappa shape index (κ3) is 4.51. The van der Waals surface area contributed by atoms with Crippen molar-refractivity contribution in [1.29, 1.82) is 0 Å². The van der Waals surface area contributed by atoms with Crippen molar-refractivity contribution in [2.24, 2.45) is 0 Å². The molecule has 0 saturated carbocycles. The van der Waals surface area contributed by atoms with Crippen LogP contribution in [-0.4, -0.2) is 21.9 Å². The largest absolute Gasteiger partial charge is 0.299 e. The van der Waals surface area contributed by atoms with Gasteiger partial charge in [0.15, 0.2) is 5.11 Å². The first kappa shape index (κ1) is 19.0. The Hall–Kier alpha value is -2.75. The number of nitrogens with one attached hydrogen (secondary N) is 2. The average molecular weight is 420 g/mol. The molecule has 136 valence electrons. The lowest BCUT2D eigenvalue weighted by Gasteiger charge is -2.16. The topological polar surface area (TPSA) is 101 Å². The Balaban J connectivity index is 1.94. The minimum absolute atomic E-state index is 0.0807. The van der Waals surface area contributed by atoms with Gasteiger partial charge in [0.05, 0.1) is 9.82 Å². The molecule has 0 bridgehead atoms. The van der Waals surface area contributed by atoms with Crippen molar-refractivity contribution in [3.05, 3.63) is 68.7 Å². The zero-order valence-electron chi connectivity index (χ0n) is 13.4. The van der Waals surface area contributed by atoms with Gasteiger partial charge in [-0.15, -0.1) is 0 Å². The van der Waals surface area contributed by atoms with Crippen molar-refractivity contribution in [1.82, 2.24) is 10.6 Å². The van der Waals surface area contributed by atoms with E-state index < -0.39 is 16.7 Å². The van der Waals surface area contributed by atoms with Gasteiger partial charge in [-0.25, -0.2) is 0 Å². The van der Waals surface area contributed by atoms with Gasteiger partial charge in [0.25, 0.3) is 17.5 Å². The number of hydrogen-bond acceptors (Lipinski definition) is 6. The Morgan fingerprint density at radius 3 is 2.30 bits per heavy atom. The van der Waals surface area contributed by atoms with E-state index in [1.807, 2.05) is 0 Å². The number of carbonyl (C=O) groups excluding carboxylic acids is 2. The summed E-state index contributed by atoms with van der Waals surface area (Å²) < 4.78 is 0. The van der Waals surface area contributed by atoms with Gasteiger partial charge in [0.1, 0.15) is 5.57 Å².